The maximum Gasteiger partial charge on any atom is 0.419 e. The van der Waals surface area contributed by atoms with Crippen LogP contribution in [0, 0.1) is 0 Å². The van der Waals surface area contributed by atoms with Crippen molar-refractivity contribution in [2.24, 2.45) is 0 Å². The Morgan fingerprint density at radius 2 is 2.00 bits per heavy atom. The van der Waals surface area contributed by atoms with Crippen LogP contribution in [0.15, 0.2) is 23.1 Å². The first-order valence-corrected chi connectivity index (χ1v) is 8.86. The van der Waals surface area contributed by atoms with Gasteiger partial charge in [0.2, 0.25) is 0 Å². The molecule has 2 aliphatic rings. The first-order valence-electron chi connectivity index (χ1n) is 8.86. The molecule has 0 aromatic carbocycles. The molecule has 1 fully saturated rings. The van der Waals surface area contributed by atoms with E-state index in [4.69, 9.17) is 5.11 Å². The van der Waals surface area contributed by atoms with Crippen LogP contribution in [0.25, 0.3) is 17.0 Å². The number of alkyl halides is 3. The van der Waals surface area contributed by atoms with Crippen molar-refractivity contribution in [1.82, 2.24) is 14.4 Å². The van der Waals surface area contributed by atoms with E-state index < -0.39 is 28.8 Å². The number of carboxylic acid groups (broad SMARTS) is 1. The number of aromatic nitrogens is 3. The van der Waals surface area contributed by atoms with Crippen LogP contribution in [0.5, 0.6) is 0 Å². The smallest absolute Gasteiger partial charge is 0.419 e. The molecule has 3 aromatic rings. The van der Waals surface area contributed by atoms with E-state index in [0.29, 0.717) is 35.4 Å². The third kappa shape index (κ3) is 2.45. The number of rotatable bonds is 2. The Labute approximate surface area is 155 Å². The second-order valence-electron chi connectivity index (χ2n) is 7.28. The fourth-order valence-corrected chi connectivity index (χ4v) is 3.89. The van der Waals surface area contributed by atoms with Gasteiger partial charge in [-0.05, 0) is 54.9 Å². The zero-order valence-corrected chi connectivity index (χ0v) is 14.4. The Kier molecular flexibility index (Phi) is 3.32. The molecule has 0 unspecified atom stereocenters. The number of hydrogen-bond donors (Lipinski definition) is 2. The molecule has 0 bridgehead atoms. The number of aryl methyl sites for hydroxylation is 2. The van der Waals surface area contributed by atoms with Gasteiger partial charge in [-0.3, -0.25) is 4.79 Å². The van der Waals surface area contributed by atoms with E-state index in [-0.39, 0.29) is 17.3 Å². The zero-order chi connectivity index (χ0) is 19.8. The number of aromatic carboxylic acids is 1. The zero-order valence-electron chi connectivity index (χ0n) is 14.4. The summed E-state index contributed by atoms with van der Waals surface area (Å²) in [6, 6.07) is 2.45. The number of halogens is 3. The van der Waals surface area contributed by atoms with Crippen LogP contribution >= 0.6 is 0 Å². The van der Waals surface area contributed by atoms with E-state index in [0.717, 1.165) is 12.8 Å². The van der Waals surface area contributed by atoms with Crippen molar-refractivity contribution in [2.45, 2.75) is 37.8 Å². The van der Waals surface area contributed by atoms with Crippen LogP contribution in [-0.2, 0) is 19.0 Å². The predicted molar refractivity (Wildman–Crippen MR) is 92.6 cm³/mol. The summed E-state index contributed by atoms with van der Waals surface area (Å²) in [4.78, 5) is 30.0. The minimum atomic E-state index is -4.55. The first-order chi connectivity index (χ1) is 13.2. The molecule has 0 atom stereocenters. The lowest BCUT2D eigenvalue weighted by molar-refractivity contribution is -0.136. The van der Waals surface area contributed by atoms with Crippen LogP contribution in [0.1, 0.15) is 51.5 Å². The van der Waals surface area contributed by atoms with E-state index in [1.165, 1.54) is 16.5 Å². The molecule has 9 heteroatoms. The van der Waals surface area contributed by atoms with E-state index in [2.05, 4.69) is 9.97 Å². The topological polar surface area (TPSA) is 87.5 Å². The fraction of sp³-hybridized carbons (Fsp3) is 0.316. The van der Waals surface area contributed by atoms with Crippen LogP contribution in [-0.4, -0.2) is 25.4 Å². The van der Waals surface area contributed by atoms with Crippen molar-refractivity contribution in [2.75, 3.05) is 0 Å². The van der Waals surface area contributed by atoms with E-state index in [9.17, 15) is 22.8 Å². The van der Waals surface area contributed by atoms with Gasteiger partial charge in [0.05, 0.1) is 17.0 Å². The van der Waals surface area contributed by atoms with Crippen molar-refractivity contribution >= 4 is 11.6 Å². The Bertz CT molecular complexity index is 1220. The van der Waals surface area contributed by atoms with Crippen molar-refractivity contribution < 1.29 is 23.1 Å². The van der Waals surface area contributed by atoms with Crippen molar-refractivity contribution in [3.8, 4) is 11.4 Å². The van der Waals surface area contributed by atoms with Crippen LogP contribution in [0.3, 0.4) is 0 Å². The number of nitrogens with zero attached hydrogens (tertiary/aromatic N) is 2. The highest BCUT2D eigenvalue weighted by atomic mass is 19.4. The molecule has 3 aromatic heterocycles. The van der Waals surface area contributed by atoms with Gasteiger partial charge >= 0.3 is 12.1 Å². The largest absolute Gasteiger partial charge is 0.477 e. The number of fused-ring (bicyclic) bond motifs is 5. The molecule has 144 valence electrons. The number of imidazole rings is 1. The maximum atomic E-state index is 13.7. The Balaban J connectivity index is 1.80. The summed E-state index contributed by atoms with van der Waals surface area (Å²) in [5, 5.41) is 9.13. The number of aromatic amines is 1. The lowest BCUT2D eigenvalue weighted by atomic mass is 9.95. The predicted octanol–water partition coefficient (Wildman–Crippen LogP) is 3.38. The molecule has 2 N–H and O–H groups in total. The number of carboxylic acids is 1. The summed E-state index contributed by atoms with van der Waals surface area (Å²) < 4.78 is 42.5. The average Bonchev–Trinajstić information content (AvgIpc) is 3.40. The van der Waals surface area contributed by atoms with Crippen molar-refractivity contribution in [3.05, 3.63) is 56.6 Å². The van der Waals surface area contributed by atoms with Crippen LogP contribution in [0.2, 0.25) is 0 Å². The first kappa shape index (κ1) is 17.0. The highest BCUT2D eigenvalue weighted by Gasteiger charge is 2.38. The molecule has 0 amide bonds. The van der Waals surface area contributed by atoms with Gasteiger partial charge < -0.3 is 14.5 Å². The molecule has 1 saturated carbocycles. The highest BCUT2D eigenvalue weighted by Crippen LogP contribution is 2.44. The van der Waals surface area contributed by atoms with Gasteiger partial charge in [0.1, 0.15) is 16.9 Å². The molecule has 2 aliphatic carbocycles. The molecule has 5 rings (SSSR count). The number of nitrogens with one attached hydrogen (secondary N) is 1. The Morgan fingerprint density at radius 3 is 2.64 bits per heavy atom. The summed E-state index contributed by atoms with van der Waals surface area (Å²) >= 11 is 0. The standard InChI is InChI=1S/C19H14F3N3O3/c20-19(21,22)12-6-10(8-1-2-8)7-25-13-4-3-9-5-11(18(27)28)17(26)24-14(9)15(13)23-16(12)25/h5-8H,1-4H2,(H,24,26)(H,27,28). The second kappa shape index (κ2) is 5.46. The number of hydrogen-bond acceptors (Lipinski definition) is 3. The second-order valence-corrected chi connectivity index (χ2v) is 7.28. The molecular weight excluding hydrogens is 375 g/mol. The third-order valence-corrected chi connectivity index (χ3v) is 5.42. The summed E-state index contributed by atoms with van der Waals surface area (Å²) in [7, 11) is 0. The van der Waals surface area contributed by atoms with Gasteiger partial charge in [0, 0.05) is 6.20 Å². The Hall–Kier alpha value is -3.10. The van der Waals surface area contributed by atoms with Gasteiger partial charge in [0.25, 0.3) is 5.56 Å². The van der Waals surface area contributed by atoms with Crippen molar-refractivity contribution in [1.29, 1.82) is 0 Å². The molecule has 0 aliphatic heterocycles. The molecule has 3 heterocycles. The summed E-state index contributed by atoms with van der Waals surface area (Å²) in [5.41, 5.74) is 0.174. The molecule has 0 spiro atoms. The molecule has 28 heavy (non-hydrogen) atoms. The van der Waals surface area contributed by atoms with Gasteiger partial charge in [-0.1, -0.05) is 0 Å². The molecular formula is C19H14F3N3O3. The average molecular weight is 389 g/mol. The van der Waals surface area contributed by atoms with E-state index in [1.807, 2.05) is 0 Å². The SMILES string of the molecule is O=C(O)c1cc2c([nH]c1=O)-c1nc3c(C(F)(F)F)cc(C4CC4)cn3c1CC2. The monoisotopic (exact) mass is 389 g/mol. The lowest BCUT2D eigenvalue weighted by Crippen LogP contribution is -2.21. The third-order valence-electron chi connectivity index (χ3n) is 5.42. The minimum Gasteiger partial charge on any atom is -0.477 e. The molecule has 6 nitrogen and oxygen atoms in total. The summed E-state index contributed by atoms with van der Waals surface area (Å²) in [5.74, 6) is -1.21. The highest BCUT2D eigenvalue weighted by molar-refractivity contribution is 5.88. The molecule has 0 radical (unpaired) electrons. The fourth-order valence-electron chi connectivity index (χ4n) is 3.89. The van der Waals surface area contributed by atoms with Crippen LogP contribution in [0.4, 0.5) is 13.2 Å². The van der Waals surface area contributed by atoms with Gasteiger partial charge in [-0.2, -0.15) is 13.2 Å². The van der Waals surface area contributed by atoms with E-state index in [1.54, 1.807) is 6.20 Å². The lowest BCUT2D eigenvalue weighted by Gasteiger charge is -2.16. The number of H-pyrrole nitrogens is 1. The molecule has 0 saturated heterocycles. The normalized spacial score (nSPS) is 16.1. The number of carbonyl (C=O) groups is 1. The maximum absolute atomic E-state index is 13.7. The van der Waals surface area contributed by atoms with Crippen molar-refractivity contribution in [3.63, 3.8) is 0 Å². The minimum absolute atomic E-state index is 0.136. The quantitative estimate of drug-likeness (QED) is 0.703. The van der Waals surface area contributed by atoms with Gasteiger partial charge in [-0.25, -0.2) is 9.78 Å². The van der Waals surface area contributed by atoms with E-state index >= 15 is 0 Å². The van der Waals surface area contributed by atoms with Gasteiger partial charge in [-0.15, -0.1) is 0 Å². The van der Waals surface area contributed by atoms with Gasteiger partial charge in [0.15, 0.2) is 0 Å². The summed E-state index contributed by atoms with van der Waals surface area (Å²) in [6.07, 6.45) is -0.296. The summed E-state index contributed by atoms with van der Waals surface area (Å²) in [6.45, 7) is 0. The Morgan fingerprint density at radius 1 is 1.25 bits per heavy atom. The van der Waals surface area contributed by atoms with Crippen LogP contribution < -0.4 is 5.56 Å². The number of pyridine rings is 2.